The summed E-state index contributed by atoms with van der Waals surface area (Å²) in [5, 5.41) is 23.4. The molecule has 10 heteroatoms. The summed E-state index contributed by atoms with van der Waals surface area (Å²) in [4.78, 5) is 6.44. The van der Waals surface area contributed by atoms with Gasteiger partial charge in [-0.25, -0.2) is 17.6 Å². The first-order valence-electron chi connectivity index (χ1n) is 12.7. The van der Waals surface area contributed by atoms with Gasteiger partial charge in [0.05, 0.1) is 24.9 Å². The molecule has 1 fully saturated rings. The normalized spacial score (nSPS) is 16.5. The van der Waals surface area contributed by atoms with E-state index >= 15 is 4.39 Å². The van der Waals surface area contributed by atoms with Crippen LogP contribution >= 0.6 is 0 Å². The number of methoxy groups -OCH3 is 1. The lowest BCUT2D eigenvalue weighted by molar-refractivity contribution is 0.0315. The number of hydrogen-bond donors (Lipinski definition) is 3. The van der Waals surface area contributed by atoms with E-state index in [1.54, 1.807) is 18.2 Å². The van der Waals surface area contributed by atoms with Crippen LogP contribution in [0.1, 0.15) is 43.0 Å². The van der Waals surface area contributed by atoms with E-state index < -0.39 is 29.0 Å². The fourth-order valence-corrected chi connectivity index (χ4v) is 5.21. The molecular weight excluding hydrogens is 502 g/mol. The molecule has 1 aliphatic heterocycles. The number of alkyl halides is 1. The van der Waals surface area contributed by atoms with Gasteiger partial charge >= 0.3 is 0 Å². The monoisotopic (exact) mass is 535 g/mol. The summed E-state index contributed by atoms with van der Waals surface area (Å²) >= 11 is 0. The number of nitrogens with zero attached hydrogens (tertiary/aromatic N) is 2. The van der Waals surface area contributed by atoms with Gasteiger partial charge in [-0.1, -0.05) is 0 Å². The molecule has 3 N–H and O–H groups in total. The maximum absolute atomic E-state index is 15.7. The molecule has 0 aliphatic carbocycles. The van der Waals surface area contributed by atoms with Gasteiger partial charge in [0.25, 0.3) is 0 Å². The molecule has 4 rings (SSSR count). The molecule has 2 aromatic carbocycles. The SMILES string of the molecule is COc1ccc2ncc(CO)c(C(F)CCC3(CO)CCN(CCNc4cc(F)cc(F)c4F)CC3)c2c1. The molecule has 0 amide bonds. The van der Waals surface area contributed by atoms with Gasteiger partial charge in [-0.3, -0.25) is 4.98 Å². The Hall–Kier alpha value is -2.95. The van der Waals surface area contributed by atoms with Crippen LogP contribution in [0.4, 0.5) is 23.2 Å². The standard InChI is InChI=1S/C28H33F4N3O3/c1-38-20-2-3-24-21(14-20)26(18(16-36)15-34-24)22(30)4-5-28(17-37)6-9-35(10-7-28)11-8-33-25-13-19(29)12-23(31)27(25)32/h2-3,12-15,22,33,36-37H,4-11,16-17H2,1H3. The van der Waals surface area contributed by atoms with Gasteiger partial charge < -0.3 is 25.2 Å². The summed E-state index contributed by atoms with van der Waals surface area (Å²) in [5.41, 5.74) is 0.774. The first-order chi connectivity index (χ1) is 18.3. The number of aliphatic hydroxyl groups is 2. The number of likely N-dealkylation sites (tertiary alicyclic amines) is 1. The van der Waals surface area contributed by atoms with Crippen LogP contribution in [0.3, 0.4) is 0 Å². The van der Waals surface area contributed by atoms with Crippen LogP contribution in [0.5, 0.6) is 5.75 Å². The minimum Gasteiger partial charge on any atom is -0.497 e. The molecular formula is C28H33F4N3O3. The van der Waals surface area contributed by atoms with Crippen molar-refractivity contribution in [2.75, 3.05) is 45.2 Å². The Kier molecular flexibility index (Phi) is 9.07. The number of ether oxygens (including phenoxy) is 1. The Morgan fingerprint density at radius 3 is 2.58 bits per heavy atom. The van der Waals surface area contributed by atoms with Crippen LogP contribution in [0.2, 0.25) is 0 Å². The van der Waals surface area contributed by atoms with Crippen molar-refractivity contribution in [3.8, 4) is 5.75 Å². The number of pyridine rings is 1. The zero-order chi connectivity index (χ0) is 27.3. The van der Waals surface area contributed by atoms with Crippen molar-refractivity contribution in [2.24, 2.45) is 5.41 Å². The fraction of sp³-hybridized carbons (Fsp3) is 0.464. The van der Waals surface area contributed by atoms with Gasteiger partial charge in [0.2, 0.25) is 0 Å². The minimum atomic E-state index is -1.36. The van der Waals surface area contributed by atoms with E-state index in [0.717, 1.165) is 6.07 Å². The zero-order valence-corrected chi connectivity index (χ0v) is 21.3. The second-order valence-corrected chi connectivity index (χ2v) is 9.92. The summed E-state index contributed by atoms with van der Waals surface area (Å²) in [5.74, 6) is -2.64. The highest BCUT2D eigenvalue weighted by Gasteiger charge is 2.35. The molecule has 0 saturated carbocycles. The van der Waals surface area contributed by atoms with Gasteiger partial charge in [-0.15, -0.1) is 0 Å². The molecule has 1 aliphatic rings. The number of aromatic nitrogens is 1. The third kappa shape index (κ3) is 6.19. The van der Waals surface area contributed by atoms with Crippen molar-refractivity contribution in [1.29, 1.82) is 0 Å². The number of aliphatic hydroxyl groups excluding tert-OH is 2. The average molecular weight is 536 g/mol. The molecule has 2 heterocycles. The molecule has 0 spiro atoms. The molecule has 0 radical (unpaired) electrons. The molecule has 6 nitrogen and oxygen atoms in total. The third-order valence-corrected chi connectivity index (χ3v) is 7.60. The number of halogens is 4. The summed E-state index contributed by atoms with van der Waals surface area (Å²) in [7, 11) is 1.53. The first-order valence-corrected chi connectivity index (χ1v) is 12.7. The maximum atomic E-state index is 15.7. The average Bonchev–Trinajstić information content (AvgIpc) is 2.94. The van der Waals surface area contributed by atoms with Crippen molar-refractivity contribution in [3.63, 3.8) is 0 Å². The number of benzene rings is 2. The van der Waals surface area contributed by atoms with E-state index in [1.165, 1.54) is 13.3 Å². The summed E-state index contributed by atoms with van der Waals surface area (Å²) in [6.07, 6.45) is 2.07. The minimum absolute atomic E-state index is 0.0721. The van der Waals surface area contributed by atoms with Crippen LogP contribution in [0.15, 0.2) is 36.5 Å². The highest BCUT2D eigenvalue weighted by Crippen LogP contribution is 2.41. The molecule has 206 valence electrons. The van der Waals surface area contributed by atoms with E-state index in [2.05, 4.69) is 15.2 Å². The lowest BCUT2D eigenvalue weighted by Gasteiger charge is -2.41. The third-order valence-electron chi connectivity index (χ3n) is 7.60. The molecule has 0 bridgehead atoms. The predicted octanol–water partition coefficient (Wildman–Crippen LogP) is 5.13. The lowest BCUT2D eigenvalue weighted by Crippen LogP contribution is -2.43. The predicted molar refractivity (Wildman–Crippen MR) is 137 cm³/mol. The highest BCUT2D eigenvalue weighted by atomic mass is 19.2. The highest BCUT2D eigenvalue weighted by molar-refractivity contribution is 5.85. The summed E-state index contributed by atoms with van der Waals surface area (Å²) < 4.78 is 61.6. The Morgan fingerprint density at radius 2 is 1.89 bits per heavy atom. The zero-order valence-electron chi connectivity index (χ0n) is 21.3. The van der Waals surface area contributed by atoms with E-state index in [4.69, 9.17) is 4.74 Å². The molecule has 1 atom stereocenters. The van der Waals surface area contributed by atoms with Crippen molar-refractivity contribution >= 4 is 16.6 Å². The number of fused-ring (bicyclic) bond motifs is 1. The fourth-order valence-electron chi connectivity index (χ4n) is 5.21. The Balaban J connectivity index is 1.35. The molecule has 1 saturated heterocycles. The van der Waals surface area contributed by atoms with Crippen LogP contribution in [0.25, 0.3) is 10.9 Å². The molecule has 3 aromatic rings. The number of rotatable bonds is 11. The quantitative estimate of drug-likeness (QED) is 0.234. The van der Waals surface area contributed by atoms with Crippen molar-refractivity contribution in [3.05, 3.63) is 65.1 Å². The van der Waals surface area contributed by atoms with E-state index in [1.807, 2.05) is 0 Å². The Bertz CT molecular complexity index is 1250. The smallest absolute Gasteiger partial charge is 0.182 e. The second-order valence-electron chi connectivity index (χ2n) is 9.92. The van der Waals surface area contributed by atoms with Crippen molar-refractivity contribution in [2.45, 2.75) is 38.5 Å². The number of nitrogens with one attached hydrogen (secondary N) is 1. The van der Waals surface area contributed by atoms with Crippen molar-refractivity contribution < 1.29 is 32.5 Å². The van der Waals surface area contributed by atoms with Crippen LogP contribution < -0.4 is 10.1 Å². The number of hydrogen-bond acceptors (Lipinski definition) is 6. The topological polar surface area (TPSA) is 77.8 Å². The van der Waals surface area contributed by atoms with Crippen molar-refractivity contribution in [1.82, 2.24) is 9.88 Å². The van der Waals surface area contributed by atoms with Crippen LogP contribution in [-0.4, -0.2) is 60.0 Å². The van der Waals surface area contributed by atoms with E-state index in [-0.39, 0.29) is 25.3 Å². The van der Waals surface area contributed by atoms with Gasteiger partial charge in [-0.05, 0) is 62.4 Å². The Labute approximate surface area is 219 Å². The van der Waals surface area contributed by atoms with Gasteiger partial charge in [0, 0.05) is 54.5 Å². The number of anilines is 1. The van der Waals surface area contributed by atoms with E-state index in [0.29, 0.717) is 79.3 Å². The molecule has 38 heavy (non-hydrogen) atoms. The van der Waals surface area contributed by atoms with Gasteiger partial charge in [0.15, 0.2) is 11.6 Å². The number of piperidine rings is 1. The van der Waals surface area contributed by atoms with Gasteiger partial charge in [-0.2, -0.15) is 0 Å². The second kappa shape index (κ2) is 12.3. The maximum Gasteiger partial charge on any atom is 0.182 e. The van der Waals surface area contributed by atoms with Crippen LogP contribution in [-0.2, 0) is 6.61 Å². The molecule has 1 unspecified atom stereocenters. The Morgan fingerprint density at radius 1 is 1.13 bits per heavy atom. The summed E-state index contributed by atoms with van der Waals surface area (Å²) in [6, 6.07) is 6.65. The largest absolute Gasteiger partial charge is 0.497 e. The molecule has 1 aromatic heterocycles. The lowest BCUT2D eigenvalue weighted by atomic mass is 9.74. The van der Waals surface area contributed by atoms with Gasteiger partial charge in [0.1, 0.15) is 17.7 Å². The summed E-state index contributed by atoms with van der Waals surface area (Å²) in [6.45, 7) is 1.71. The van der Waals surface area contributed by atoms with E-state index in [9.17, 15) is 23.4 Å². The van der Waals surface area contributed by atoms with Crippen LogP contribution in [0, 0.1) is 22.9 Å². The first kappa shape index (κ1) is 28.1.